The second kappa shape index (κ2) is 7.47. The van der Waals surface area contributed by atoms with Crippen LogP contribution in [0.2, 0.25) is 0 Å². The zero-order valence-electron chi connectivity index (χ0n) is 15.3. The largest absolute Gasteiger partial charge is 0.508 e. The van der Waals surface area contributed by atoms with Crippen LogP contribution in [0.4, 0.5) is 0 Å². The van der Waals surface area contributed by atoms with Crippen LogP contribution in [0, 0.1) is 0 Å². The third-order valence-electron chi connectivity index (χ3n) is 4.28. The number of hydrogen-bond donors (Lipinski definition) is 1. The Labute approximate surface area is 161 Å². The highest BCUT2D eigenvalue weighted by Crippen LogP contribution is 2.27. The Bertz CT molecular complexity index is 1220. The number of rotatable bonds is 5. The summed E-state index contributed by atoms with van der Waals surface area (Å²) in [6.45, 7) is 1.61. The molecule has 1 aromatic heterocycles. The second-order valence-corrected chi connectivity index (χ2v) is 8.25. The third kappa shape index (κ3) is 3.91. The van der Waals surface area contributed by atoms with E-state index in [9.17, 15) is 23.1 Å². The molecule has 0 saturated carbocycles. The van der Waals surface area contributed by atoms with Gasteiger partial charge in [-0.2, -0.15) is 0 Å². The van der Waals surface area contributed by atoms with Crippen LogP contribution in [0.1, 0.15) is 28.4 Å². The van der Waals surface area contributed by atoms with Crippen LogP contribution in [-0.4, -0.2) is 25.7 Å². The number of hydrogen-bond acceptors (Lipinski definition) is 7. The highest BCUT2D eigenvalue weighted by molar-refractivity contribution is 7.90. The normalized spacial score (nSPS) is 11.5. The highest BCUT2D eigenvalue weighted by Gasteiger charge is 2.20. The van der Waals surface area contributed by atoms with Gasteiger partial charge in [-0.1, -0.05) is 19.1 Å². The molecule has 0 aliphatic heterocycles. The van der Waals surface area contributed by atoms with Gasteiger partial charge in [0, 0.05) is 29.3 Å². The number of carbonyl (C=O) groups is 1. The fourth-order valence-corrected chi connectivity index (χ4v) is 3.77. The molecule has 2 aromatic carbocycles. The molecule has 146 valence electrons. The van der Waals surface area contributed by atoms with Crippen LogP contribution in [0.3, 0.4) is 0 Å². The topological polar surface area (TPSA) is 111 Å². The maximum atomic E-state index is 12.5. The van der Waals surface area contributed by atoms with E-state index in [1.165, 1.54) is 36.4 Å². The molecule has 0 saturated heterocycles. The van der Waals surface area contributed by atoms with Crippen LogP contribution in [0.25, 0.3) is 11.0 Å². The molecule has 0 amide bonds. The van der Waals surface area contributed by atoms with E-state index in [2.05, 4.69) is 0 Å². The molecule has 0 radical (unpaired) electrons. The summed E-state index contributed by atoms with van der Waals surface area (Å²) in [6, 6.07) is 9.96. The first-order chi connectivity index (χ1) is 13.2. The molecule has 1 heterocycles. The van der Waals surface area contributed by atoms with Gasteiger partial charge in [0.2, 0.25) is 0 Å². The summed E-state index contributed by atoms with van der Waals surface area (Å²) < 4.78 is 34.1. The van der Waals surface area contributed by atoms with E-state index in [4.69, 9.17) is 9.15 Å². The van der Waals surface area contributed by atoms with E-state index < -0.39 is 21.4 Å². The first-order valence-corrected chi connectivity index (χ1v) is 10.3. The summed E-state index contributed by atoms with van der Waals surface area (Å²) in [7, 11) is -3.61. The van der Waals surface area contributed by atoms with E-state index in [-0.39, 0.29) is 28.4 Å². The maximum Gasteiger partial charge on any atom is 0.339 e. The molecule has 0 aliphatic rings. The SMILES string of the molecule is CCc1cc2c(COC(=O)c3ccccc3S(C)(=O)=O)cc(=O)oc2cc1O. The molecule has 0 fully saturated rings. The van der Waals surface area contributed by atoms with Gasteiger partial charge in [-0.25, -0.2) is 18.0 Å². The molecule has 0 atom stereocenters. The average molecular weight is 402 g/mol. The van der Waals surface area contributed by atoms with Gasteiger partial charge in [-0.3, -0.25) is 0 Å². The van der Waals surface area contributed by atoms with Gasteiger partial charge >= 0.3 is 11.6 Å². The van der Waals surface area contributed by atoms with Gasteiger partial charge in [-0.15, -0.1) is 0 Å². The number of fused-ring (bicyclic) bond motifs is 1. The minimum absolute atomic E-state index is 0.00868. The van der Waals surface area contributed by atoms with Crippen molar-refractivity contribution < 1.29 is 27.5 Å². The molecule has 3 aromatic rings. The van der Waals surface area contributed by atoms with E-state index in [0.717, 1.165) is 6.26 Å². The van der Waals surface area contributed by atoms with Crippen LogP contribution in [0.5, 0.6) is 5.75 Å². The Morgan fingerprint density at radius 2 is 1.86 bits per heavy atom. The first-order valence-electron chi connectivity index (χ1n) is 8.45. The van der Waals surface area contributed by atoms with Crippen molar-refractivity contribution in [3.05, 3.63) is 69.6 Å². The van der Waals surface area contributed by atoms with Crippen LogP contribution in [0.15, 0.2) is 56.6 Å². The molecule has 3 rings (SSSR count). The van der Waals surface area contributed by atoms with Crippen LogP contribution < -0.4 is 5.63 Å². The molecule has 0 spiro atoms. The summed E-state index contributed by atoms with van der Waals surface area (Å²) in [4.78, 5) is 24.1. The summed E-state index contributed by atoms with van der Waals surface area (Å²) in [5.74, 6) is -0.814. The molecule has 8 heteroatoms. The fraction of sp³-hybridized carbons (Fsp3) is 0.200. The van der Waals surface area contributed by atoms with Crippen molar-refractivity contribution in [2.45, 2.75) is 24.8 Å². The minimum Gasteiger partial charge on any atom is -0.508 e. The monoisotopic (exact) mass is 402 g/mol. The number of aryl methyl sites for hydroxylation is 1. The number of phenols is 1. The number of benzene rings is 2. The Balaban J connectivity index is 1.97. The number of aromatic hydroxyl groups is 1. The quantitative estimate of drug-likeness (QED) is 0.516. The Morgan fingerprint density at radius 1 is 1.14 bits per heavy atom. The van der Waals surface area contributed by atoms with Crippen molar-refractivity contribution in [2.24, 2.45) is 0 Å². The molecule has 28 heavy (non-hydrogen) atoms. The smallest absolute Gasteiger partial charge is 0.339 e. The Morgan fingerprint density at radius 3 is 2.54 bits per heavy atom. The maximum absolute atomic E-state index is 12.5. The summed E-state index contributed by atoms with van der Waals surface area (Å²) in [6.07, 6.45) is 1.57. The van der Waals surface area contributed by atoms with Gasteiger partial charge in [-0.05, 0) is 30.2 Å². The zero-order valence-corrected chi connectivity index (χ0v) is 16.1. The van der Waals surface area contributed by atoms with Gasteiger partial charge in [0.05, 0.1) is 10.5 Å². The standard InChI is InChI=1S/C20H18O7S/c1-3-12-8-15-13(9-19(22)27-17(15)10-16(12)21)11-26-20(23)14-6-4-5-7-18(14)28(2,24)25/h4-10,21H,3,11H2,1-2H3. The highest BCUT2D eigenvalue weighted by atomic mass is 32.2. The molecule has 0 bridgehead atoms. The summed E-state index contributed by atoms with van der Waals surface area (Å²) in [5.41, 5.74) is 0.482. The van der Waals surface area contributed by atoms with E-state index >= 15 is 0 Å². The average Bonchev–Trinajstić information content (AvgIpc) is 2.64. The number of sulfone groups is 1. The predicted molar refractivity (Wildman–Crippen MR) is 102 cm³/mol. The van der Waals surface area contributed by atoms with Gasteiger partial charge in [0.15, 0.2) is 9.84 Å². The van der Waals surface area contributed by atoms with Crippen molar-refractivity contribution in [3.63, 3.8) is 0 Å². The Hall–Kier alpha value is -3.13. The molecular formula is C20H18O7S. The molecule has 0 aliphatic carbocycles. The minimum atomic E-state index is -3.61. The van der Waals surface area contributed by atoms with Crippen LogP contribution in [-0.2, 0) is 27.6 Å². The molecule has 0 unspecified atom stereocenters. The fourth-order valence-electron chi connectivity index (χ4n) is 2.89. The van der Waals surface area contributed by atoms with Crippen molar-refractivity contribution in [2.75, 3.05) is 6.26 Å². The number of ether oxygens (including phenoxy) is 1. The molecule has 7 nitrogen and oxygen atoms in total. The number of esters is 1. The lowest BCUT2D eigenvalue weighted by atomic mass is 10.0. The van der Waals surface area contributed by atoms with Crippen molar-refractivity contribution in [1.82, 2.24) is 0 Å². The van der Waals surface area contributed by atoms with E-state index in [1.807, 2.05) is 6.92 Å². The van der Waals surface area contributed by atoms with Crippen molar-refractivity contribution >= 4 is 26.8 Å². The molecule has 1 N–H and O–H groups in total. The predicted octanol–water partition coefficient (Wildman–Crippen LogP) is 2.82. The van der Waals surface area contributed by atoms with Gasteiger partial charge in [0.1, 0.15) is 17.9 Å². The lowest BCUT2D eigenvalue weighted by Gasteiger charge is -2.11. The summed E-state index contributed by atoms with van der Waals surface area (Å²) >= 11 is 0. The van der Waals surface area contributed by atoms with Gasteiger partial charge in [0.25, 0.3) is 0 Å². The number of phenolic OH excluding ortho intramolecular Hbond substituents is 1. The number of carbonyl (C=O) groups excluding carboxylic acids is 1. The lowest BCUT2D eigenvalue weighted by molar-refractivity contribution is 0.0469. The lowest BCUT2D eigenvalue weighted by Crippen LogP contribution is -2.12. The Kier molecular flexibility index (Phi) is 5.24. The van der Waals surface area contributed by atoms with Crippen LogP contribution >= 0.6 is 0 Å². The zero-order chi connectivity index (χ0) is 20.5. The first kappa shape index (κ1) is 19.6. The second-order valence-electron chi connectivity index (χ2n) is 6.27. The summed E-state index contributed by atoms with van der Waals surface area (Å²) in [5, 5.41) is 10.5. The molecular weight excluding hydrogens is 384 g/mol. The third-order valence-corrected chi connectivity index (χ3v) is 5.43. The van der Waals surface area contributed by atoms with Gasteiger partial charge < -0.3 is 14.3 Å². The van der Waals surface area contributed by atoms with E-state index in [0.29, 0.717) is 22.9 Å². The van der Waals surface area contributed by atoms with E-state index in [1.54, 1.807) is 6.07 Å². The van der Waals surface area contributed by atoms with Crippen molar-refractivity contribution in [1.29, 1.82) is 0 Å². The van der Waals surface area contributed by atoms with Crippen molar-refractivity contribution in [3.8, 4) is 5.75 Å².